The first kappa shape index (κ1) is 14.4. The number of ether oxygens (including phenoxy) is 3. The first-order chi connectivity index (χ1) is 11.2. The first-order valence-electron chi connectivity index (χ1n) is 7.58. The number of nitrogens with one attached hydrogen (secondary N) is 1. The smallest absolute Gasteiger partial charge is 0.262 e. The van der Waals surface area contributed by atoms with Crippen LogP contribution in [0.25, 0.3) is 0 Å². The van der Waals surface area contributed by atoms with Gasteiger partial charge in [0.15, 0.2) is 6.61 Å². The molecule has 8 heteroatoms. The van der Waals surface area contributed by atoms with Crippen LogP contribution in [0.5, 0.6) is 5.88 Å². The molecule has 1 atom stereocenters. The normalized spacial score (nSPS) is 26.6. The second kappa shape index (κ2) is 5.47. The zero-order chi connectivity index (χ0) is 15.9. The van der Waals surface area contributed by atoms with Gasteiger partial charge in [-0.2, -0.15) is 0 Å². The molecule has 3 aliphatic rings. The number of carbonyl (C=O) groups is 2. The Morgan fingerprint density at radius 1 is 1.30 bits per heavy atom. The van der Waals surface area contributed by atoms with Crippen molar-refractivity contribution >= 4 is 17.5 Å². The minimum absolute atomic E-state index is 0.0583. The molecule has 1 aromatic rings. The van der Waals surface area contributed by atoms with E-state index in [-0.39, 0.29) is 18.4 Å². The summed E-state index contributed by atoms with van der Waals surface area (Å²) >= 11 is 0. The summed E-state index contributed by atoms with van der Waals surface area (Å²) in [4.78, 5) is 30.3. The van der Waals surface area contributed by atoms with Gasteiger partial charge in [-0.1, -0.05) is 0 Å². The molecule has 4 heterocycles. The molecule has 1 aromatic heterocycles. The summed E-state index contributed by atoms with van der Waals surface area (Å²) in [5, 5.41) is 2.67. The second-order valence-electron chi connectivity index (χ2n) is 5.95. The molecule has 1 N–H and O–H groups in total. The summed E-state index contributed by atoms with van der Waals surface area (Å²) < 4.78 is 16.3. The maximum absolute atomic E-state index is 12.9. The Balaban J connectivity index is 1.63. The molecular weight excluding hydrogens is 302 g/mol. The van der Waals surface area contributed by atoms with Crippen LogP contribution in [-0.2, 0) is 14.3 Å². The van der Waals surface area contributed by atoms with Gasteiger partial charge in [-0.25, -0.2) is 4.98 Å². The van der Waals surface area contributed by atoms with Crippen LogP contribution in [0, 0.1) is 0 Å². The van der Waals surface area contributed by atoms with Crippen LogP contribution in [-0.4, -0.2) is 66.8 Å². The zero-order valence-corrected chi connectivity index (χ0v) is 12.5. The predicted octanol–water partition coefficient (Wildman–Crippen LogP) is 0.0440. The highest BCUT2D eigenvalue weighted by atomic mass is 16.5. The Kier molecular flexibility index (Phi) is 3.42. The SMILES string of the molecule is O=C1COc2ncc(C(=O)N3CCOCC34CCOC4)cc2N1. The van der Waals surface area contributed by atoms with E-state index in [0.717, 1.165) is 6.42 Å². The highest BCUT2D eigenvalue weighted by molar-refractivity contribution is 5.99. The fourth-order valence-corrected chi connectivity index (χ4v) is 3.22. The van der Waals surface area contributed by atoms with Gasteiger partial charge >= 0.3 is 0 Å². The lowest BCUT2D eigenvalue weighted by Crippen LogP contribution is -2.59. The van der Waals surface area contributed by atoms with Gasteiger partial charge in [-0.05, 0) is 12.5 Å². The molecule has 1 spiro atoms. The molecule has 0 aromatic carbocycles. The van der Waals surface area contributed by atoms with Gasteiger partial charge in [-0.15, -0.1) is 0 Å². The number of carbonyl (C=O) groups excluding carboxylic acids is 2. The van der Waals surface area contributed by atoms with E-state index in [1.54, 1.807) is 6.07 Å². The molecular formula is C15H17N3O5. The van der Waals surface area contributed by atoms with Gasteiger partial charge in [0.25, 0.3) is 11.8 Å². The Bertz CT molecular complexity index is 657. The number of pyridine rings is 1. The Labute approximate surface area is 132 Å². The van der Waals surface area contributed by atoms with Crippen LogP contribution < -0.4 is 10.1 Å². The third-order valence-corrected chi connectivity index (χ3v) is 4.44. The van der Waals surface area contributed by atoms with E-state index in [2.05, 4.69) is 10.3 Å². The van der Waals surface area contributed by atoms with E-state index in [0.29, 0.717) is 50.1 Å². The summed E-state index contributed by atoms with van der Waals surface area (Å²) in [5.41, 5.74) is 0.449. The number of rotatable bonds is 1. The Morgan fingerprint density at radius 2 is 2.13 bits per heavy atom. The van der Waals surface area contributed by atoms with Crippen LogP contribution >= 0.6 is 0 Å². The quantitative estimate of drug-likeness (QED) is 0.786. The lowest BCUT2D eigenvalue weighted by Gasteiger charge is -2.43. The average Bonchev–Trinajstić information content (AvgIpc) is 3.02. The lowest BCUT2D eigenvalue weighted by atomic mass is 9.95. The average molecular weight is 319 g/mol. The van der Waals surface area contributed by atoms with Crippen molar-refractivity contribution in [3.63, 3.8) is 0 Å². The minimum atomic E-state index is -0.398. The van der Waals surface area contributed by atoms with E-state index >= 15 is 0 Å². The van der Waals surface area contributed by atoms with Crippen molar-refractivity contribution in [2.75, 3.05) is 44.9 Å². The third kappa shape index (κ3) is 2.43. The molecule has 0 aliphatic carbocycles. The highest BCUT2D eigenvalue weighted by Gasteiger charge is 2.45. The van der Waals surface area contributed by atoms with Crippen molar-refractivity contribution in [1.29, 1.82) is 0 Å². The maximum Gasteiger partial charge on any atom is 0.262 e. The number of fused-ring (bicyclic) bond motifs is 1. The summed E-state index contributed by atoms with van der Waals surface area (Å²) in [6, 6.07) is 1.61. The molecule has 122 valence electrons. The van der Waals surface area contributed by atoms with Gasteiger partial charge in [0.2, 0.25) is 5.88 Å². The molecule has 1 unspecified atom stereocenters. The van der Waals surface area contributed by atoms with Crippen molar-refractivity contribution in [1.82, 2.24) is 9.88 Å². The topological polar surface area (TPSA) is 90.0 Å². The molecule has 2 fully saturated rings. The zero-order valence-electron chi connectivity index (χ0n) is 12.5. The van der Waals surface area contributed by atoms with E-state index in [4.69, 9.17) is 14.2 Å². The Hall–Kier alpha value is -2.19. The minimum Gasteiger partial charge on any atom is -0.466 e. The van der Waals surface area contributed by atoms with Crippen LogP contribution in [0.2, 0.25) is 0 Å². The summed E-state index contributed by atoms with van der Waals surface area (Å²) in [5.74, 6) is -0.0492. The maximum atomic E-state index is 12.9. The molecule has 0 bridgehead atoms. The molecule has 2 amide bonds. The van der Waals surface area contributed by atoms with E-state index in [1.807, 2.05) is 4.90 Å². The van der Waals surface area contributed by atoms with Crippen molar-refractivity contribution in [3.8, 4) is 5.88 Å². The highest BCUT2D eigenvalue weighted by Crippen LogP contribution is 2.32. The summed E-state index contributed by atoms with van der Waals surface area (Å²) in [6.07, 6.45) is 2.24. The van der Waals surface area contributed by atoms with Gasteiger partial charge in [-0.3, -0.25) is 9.59 Å². The fourth-order valence-electron chi connectivity index (χ4n) is 3.22. The van der Waals surface area contributed by atoms with Gasteiger partial charge < -0.3 is 24.4 Å². The van der Waals surface area contributed by atoms with Crippen molar-refractivity contribution in [2.24, 2.45) is 0 Å². The van der Waals surface area contributed by atoms with E-state index in [9.17, 15) is 9.59 Å². The van der Waals surface area contributed by atoms with Crippen LogP contribution in [0.4, 0.5) is 5.69 Å². The lowest BCUT2D eigenvalue weighted by molar-refractivity contribution is -0.118. The van der Waals surface area contributed by atoms with Crippen molar-refractivity contribution in [3.05, 3.63) is 17.8 Å². The Morgan fingerprint density at radius 3 is 2.96 bits per heavy atom. The molecule has 3 aliphatic heterocycles. The van der Waals surface area contributed by atoms with Crippen LogP contribution in [0.3, 0.4) is 0 Å². The van der Waals surface area contributed by atoms with Crippen molar-refractivity contribution < 1.29 is 23.8 Å². The third-order valence-electron chi connectivity index (χ3n) is 4.44. The number of hydrogen-bond acceptors (Lipinski definition) is 6. The fraction of sp³-hybridized carbons (Fsp3) is 0.533. The summed E-state index contributed by atoms with van der Waals surface area (Å²) in [7, 11) is 0. The molecule has 2 saturated heterocycles. The number of amides is 2. The van der Waals surface area contributed by atoms with Crippen LogP contribution in [0.15, 0.2) is 12.3 Å². The van der Waals surface area contributed by atoms with Gasteiger partial charge in [0.05, 0.1) is 30.9 Å². The monoisotopic (exact) mass is 319 g/mol. The molecule has 23 heavy (non-hydrogen) atoms. The van der Waals surface area contributed by atoms with Gasteiger partial charge in [0.1, 0.15) is 5.69 Å². The number of nitrogens with zero attached hydrogens (tertiary/aromatic N) is 2. The molecule has 0 radical (unpaired) electrons. The number of aromatic nitrogens is 1. The largest absolute Gasteiger partial charge is 0.466 e. The molecule has 0 saturated carbocycles. The molecule has 4 rings (SSSR count). The second-order valence-corrected chi connectivity index (χ2v) is 5.95. The van der Waals surface area contributed by atoms with Gasteiger partial charge in [0, 0.05) is 19.3 Å². The number of anilines is 1. The van der Waals surface area contributed by atoms with Crippen LogP contribution in [0.1, 0.15) is 16.8 Å². The summed E-state index contributed by atoms with van der Waals surface area (Å²) in [6.45, 7) is 2.55. The number of hydrogen-bond donors (Lipinski definition) is 1. The van der Waals surface area contributed by atoms with E-state index in [1.165, 1.54) is 6.20 Å². The van der Waals surface area contributed by atoms with E-state index < -0.39 is 5.54 Å². The first-order valence-corrected chi connectivity index (χ1v) is 7.58. The molecule has 8 nitrogen and oxygen atoms in total. The standard InChI is InChI=1S/C15H17N3O5/c19-12-7-23-13-11(17-12)5-10(6-16-13)14(20)18-2-4-22-9-15(18)1-3-21-8-15/h5-6H,1-4,7-9H2,(H,17,19). The predicted molar refractivity (Wildman–Crippen MR) is 78.4 cm³/mol. The number of morpholine rings is 1. The van der Waals surface area contributed by atoms with Crippen molar-refractivity contribution in [2.45, 2.75) is 12.0 Å².